The van der Waals surface area contributed by atoms with Gasteiger partial charge in [-0.15, -0.1) is 10.2 Å². The molecule has 0 aliphatic carbocycles. The monoisotopic (exact) mass is 290 g/mol. The Morgan fingerprint density at radius 2 is 1.70 bits per heavy atom. The number of halogens is 1. The van der Waals surface area contributed by atoms with Gasteiger partial charge in [-0.25, -0.2) is 0 Å². The maximum atomic E-state index is 11.9. The summed E-state index contributed by atoms with van der Waals surface area (Å²) in [7, 11) is 1.55. The summed E-state index contributed by atoms with van der Waals surface area (Å²) in [5.41, 5.74) is 1.22. The molecule has 2 rings (SSSR count). The Morgan fingerprint density at radius 3 is 2.25 bits per heavy atom. The highest BCUT2D eigenvalue weighted by molar-refractivity contribution is 6.29. The van der Waals surface area contributed by atoms with Gasteiger partial charge in [0, 0.05) is 18.3 Å². The van der Waals surface area contributed by atoms with E-state index in [0.717, 1.165) is 0 Å². The van der Waals surface area contributed by atoms with E-state index in [1.165, 1.54) is 12.1 Å². The zero-order valence-electron chi connectivity index (χ0n) is 10.6. The molecule has 102 valence electrons. The van der Waals surface area contributed by atoms with Crippen LogP contribution in [-0.2, 0) is 0 Å². The molecule has 0 spiro atoms. The quantitative estimate of drug-likeness (QED) is 0.902. The molecule has 0 aliphatic heterocycles. The molecule has 1 aromatic carbocycles. The number of nitrogens with one attached hydrogen (secondary N) is 2. The zero-order chi connectivity index (χ0) is 14.5. The summed E-state index contributed by atoms with van der Waals surface area (Å²) in [6.45, 7) is 0. The van der Waals surface area contributed by atoms with Crippen molar-refractivity contribution in [2.75, 3.05) is 12.4 Å². The van der Waals surface area contributed by atoms with Crippen LogP contribution in [-0.4, -0.2) is 29.1 Å². The van der Waals surface area contributed by atoms with Crippen molar-refractivity contribution in [3.05, 3.63) is 52.8 Å². The molecule has 0 atom stereocenters. The first-order chi connectivity index (χ1) is 9.60. The molecule has 0 bridgehead atoms. The Kier molecular flexibility index (Phi) is 4.27. The van der Waals surface area contributed by atoms with Gasteiger partial charge < -0.3 is 10.6 Å². The average molecular weight is 291 g/mol. The van der Waals surface area contributed by atoms with E-state index in [-0.39, 0.29) is 16.8 Å². The highest BCUT2D eigenvalue weighted by Gasteiger charge is 2.09. The Bertz CT molecular complexity index is 626. The van der Waals surface area contributed by atoms with Crippen molar-refractivity contribution >= 4 is 29.1 Å². The molecule has 1 heterocycles. The number of carbonyl (C=O) groups excluding carboxylic acids is 2. The van der Waals surface area contributed by atoms with E-state index in [2.05, 4.69) is 20.8 Å². The summed E-state index contributed by atoms with van der Waals surface area (Å²) in [5, 5.41) is 12.6. The molecular formula is C13H11ClN4O2. The van der Waals surface area contributed by atoms with E-state index < -0.39 is 5.91 Å². The van der Waals surface area contributed by atoms with Crippen molar-refractivity contribution in [1.82, 2.24) is 15.5 Å². The molecule has 2 amide bonds. The molecule has 20 heavy (non-hydrogen) atoms. The third-order valence-electron chi connectivity index (χ3n) is 2.50. The van der Waals surface area contributed by atoms with Gasteiger partial charge in [-0.05, 0) is 36.4 Å². The minimum atomic E-state index is -0.401. The molecule has 0 fully saturated rings. The fourth-order valence-corrected chi connectivity index (χ4v) is 1.58. The largest absolute Gasteiger partial charge is 0.355 e. The molecule has 0 aliphatic rings. The van der Waals surface area contributed by atoms with E-state index in [0.29, 0.717) is 11.3 Å². The Hall–Kier alpha value is -2.47. The van der Waals surface area contributed by atoms with Gasteiger partial charge in [-0.2, -0.15) is 0 Å². The second-order valence-corrected chi connectivity index (χ2v) is 4.24. The summed E-state index contributed by atoms with van der Waals surface area (Å²) in [4.78, 5) is 23.2. The first-order valence-corrected chi connectivity index (χ1v) is 6.10. The summed E-state index contributed by atoms with van der Waals surface area (Å²) >= 11 is 5.59. The van der Waals surface area contributed by atoms with Crippen molar-refractivity contribution in [3.8, 4) is 0 Å². The van der Waals surface area contributed by atoms with Crippen LogP contribution in [0.15, 0.2) is 36.4 Å². The number of carbonyl (C=O) groups is 2. The lowest BCUT2D eigenvalue weighted by Gasteiger charge is -2.05. The smallest absolute Gasteiger partial charge is 0.276 e. The molecule has 0 saturated heterocycles. The number of benzene rings is 1. The van der Waals surface area contributed by atoms with Gasteiger partial charge in [0.25, 0.3) is 11.8 Å². The van der Waals surface area contributed by atoms with Gasteiger partial charge in [0.2, 0.25) is 0 Å². The maximum absolute atomic E-state index is 11.9. The SMILES string of the molecule is CNC(=O)c1ccc(NC(=O)c2ccc(Cl)nn2)cc1. The Balaban J connectivity index is 2.08. The molecule has 0 radical (unpaired) electrons. The van der Waals surface area contributed by atoms with Crippen LogP contribution >= 0.6 is 11.6 Å². The number of hydrogen-bond donors (Lipinski definition) is 2. The zero-order valence-corrected chi connectivity index (χ0v) is 11.3. The molecule has 7 heteroatoms. The molecule has 0 unspecified atom stereocenters. The van der Waals surface area contributed by atoms with Crippen LogP contribution in [0.3, 0.4) is 0 Å². The average Bonchev–Trinajstić information content (AvgIpc) is 2.48. The standard InChI is InChI=1S/C13H11ClN4O2/c1-15-12(19)8-2-4-9(5-3-8)16-13(20)10-6-7-11(14)18-17-10/h2-7H,1H3,(H,15,19)(H,16,20). The number of amides is 2. The van der Waals surface area contributed by atoms with E-state index in [4.69, 9.17) is 11.6 Å². The summed E-state index contributed by atoms with van der Waals surface area (Å²) < 4.78 is 0. The third kappa shape index (κ3) is 3.30. The van der Waals surface area contributed by atoms with Crippen LogP contribution in [0.25, 0.3) is 0 Å². The third-order valence-corrected chi connectivity index (χ3v) is 2.70. The molecular weight excluding hydrogens is 280 g/mol. The number of rotatable bonds is 3. The van der Waals surface area contributed by atoms with Gasteiger partial charge >= 0.3 is 0 Å². The number of nitrogens with zero attached hydrogens (tertiary/aromatic N) is 2. The van der Waals surface area contributed by atoms with E-state index in [1.807, 2.05) is 0 Å². The predicted octanol–water partition coefficient (Wildman–Crippen LogP) is 1.74. The van der Waals surface area contributed by atoms with Gasteiger partial charge in [0.15, 0.2) is 10.8 Å². The van der Waals surface area contributed by atoms with Crippen LogP contribution in [0.5, 0.6) is 0 Å². The highest BCUT2D eigenvalue weighted by Crippen LogP contribution is 2.11. The van der Waals surface area contributed by atoms with Gasteiger partial charge in [0.05, 0.1) is 0 Å². The van der Waals surface area contributed by atoms with Crippen molar-refractivity contribution in [3.63, 3.8) is 0 Å². The number of anilines is 1. The fourth-order valence-electron chi connectivity index (χ4n) is 1.48. The lowest BCUT2D eigenvalue weighted by atomic mass is 10.2. The molecule has 1 aromatic heterocycles. The van der Waals surface area contributed by atoms with E-state index >= 15 is 0 Å². The van der Waals surface area contributed by atoms with Crippen molar-refractivity contribution < 1.29 is 9.59 Å². The van der Waals surface area contributed by atoms with Gasteiger partial charge in [-0.1, -0.05) is 11.6 Å². The van der Waals surface area contributed by atoms with E-state index in [1.54, 1.807) is 31.3 Å². The Morgan fingerprint density at radius 1 is 1.00 bits per heavy atom. The molecule has 0 saturated carbocycles. The van der Waals surface area contributed by atoms with Crippen molar-refractivity contribution in [2.24, 2.45) is 0 Å². The van der Waals surface area contributed by atoms with E-state index in [9.17, 15) is 9.59 Å². The predicted molar refractivity (Wildman–Crippen MR) is 74.8 cm³/mol. The lowest BCUT2D eigenvalue weighted by molar-refractivity contribution is 0.0962. The molecule has 2 N–H and O–H groups in total. The summed E-state index contributed by atoms with van der Waals surface area (Å²) in [5.74, 6) is -0.590. The van der Waals surface area contributed by atoms with Crippen LogP contribution in [0.1, 0.15) is 20.8 Å². The minimum absolute atomic E-state index is 0.157. The number of hydrogen-bond acceptors (Lipinski definition) is 4. The fraction of sp³-hybridized carbons (Fsp3) is 0.0769. The summed E-state index contributed by atoms with van der Waals surface area (Å²) in [6, 6.07) is 9.45. The van der Waals surface area contributed by atoms with Gasteiger partial charge in [0.1, 0.15) is 0 Å². The van der Waals surface area contributed by atoms with Crippen LogP contribution in [0.4, 0.5) is 5.69 Å². The first kappa shape index (κ1) is 14.0. The lowest BCUT2D eigenvalue weighted by Crippen LogP contribution is -2.18. The van der Waals surface area contributed by atoms with Crippen molar-refractivity contribution in [1.29, 1.82) is 0 Å². The topological polar surface area (TPSA) is 84.0 Å². The van der Waals surface area contributed by atoms with Crippen LogP contribution in [0.2, 0.25) is 5.15 Å². The summed E-state index contributed by atoms with van der Waals surface area (Å²) in [6.07, 6.45) is 0. The van der Waals surface area contributed by atoms with Crippen LogP contribution < -0.4 is 10.6 Å². The molecule has 6 nitrogen and oxygen atoms in total. The first-order valence-electron chi connectivity index (χ1n) is 5.73. The molecule has 2 aromatic rings. The normalized spacial score (nSPS) is 9.90. The minimum Gasteiger partial charge on any atom is -0.355 e. The van der Waals surface area contributed by atoms with Gasteiger partial charge in [-0.3, -0.25) is 9.59 Å². The highest BCUT2D eigenvalue weighted by atomic mass is 35.5. The Labute approximate surface area is 120 Å². The van der Waals surface area contributed by atoms with Crippen molar-refractivity contribution in [2.45, 2.75) is 0 Å². The van der Waals surface area contributed by atoms with Crippen LogP contribution in [0, 0.1) is 0 Å². The number of aromatic nitrogens is 2. The second kappa shape index (κ2) is 6.12. The second-order valence-electron chi connectivity index (χ2n) is 3.85. The maximum Gasteiger partial charge on any atom is 0.276 e.